The van der Waals surface area contributed by atoms with E-state index in [9.17, 15) is 0 Å². The first kappa shape index (κ1) is 10.5. The molecule has 0 N–H and O–H groups in total. The Hall–Kier alpha value is 0. The first-order valence-corrected chi connectivity index (χ1v) is 6.54. The van der Waals surface area contributed by atoms with E-state index < -0.39 is 0 Å². The largest absolute Gasteiger partial charge is 0.0622 e. The number of rotatable bonds is 2. The van der Waals surface area contributed by atoms with Crippen LogP contribution in [0, 0.1) is 29.1 Å². The summed E-state index contributed by atoms with van der Waals surface area (Å²) < 4.78 is 0. The van der Waals surface area contributed by atoms with Crippen LogP contribution in [0.4, 0.5) is 0 Å². The molecule has 0 aromatic carbocycles. The zero-order valence-electron chi connectivity index (χ0n) is 10.3. The summed E-state index contributed by atoms with van der Waals surface area (Å²) in [6.07, 6.45) is 7.68. The summed E-state index contributed by atoms with van der Waals surface area (Å²) in [5.74, 6) is 3.92. The van der Waals surface area contributed by atoms with Gasteiger partial charge in [-0.2, -0.15) is 0 Å². The lowest BCUT2D eigenvalue weighted by molar-refractivity contribution is 0.0245. The molecule has 2 fully saturated rings. The molecule has 2 bridgehead atoms. The van der Waals surface area contributed by atoms with Gasteiger partial charge in [-0.25, -0.2) is 0 Å². The molecule has 2 unspecified atom stereocenters. The van der Waals surface area contributed by atoms with E-state index in [2.05, 4.69) is 27.7 Å². The molecule has 0 saturated heterocycles. The molecule has 2 aliphatic rings. The highest BCUT2D eigenvalue weighted by Crippen LogP contribution is 2.56. The van der Waals surface area contributed by atoms with E-state index >= 15 is 0 Å². The van der Waals surface area contributed by atoms with Gasteiger partial charge in [-0.3, -0.25) is 0 Å². The molecular formula is C14H26. The second kappa shape index (κ2) is 3.54. The number of hydrogen-bond donors (Lipinski definition) is 0. The van der Waals surface area contributed by atoms with E-state index in [0.29, 0.717) is 5.41 Å². The van der Waals surface area contributed by atoms with Crippen LogP contribution in [-0.4, -0.2) is 0 Å². The molecule has 2 rings (SSSR count). The lowest BCUT2D eigenvalue weighted by atomic mass is 9.58. The summed E-state index contributed by atoms with van der Waals surface area (Å²) in [6.45, 7) is 9.80. The summed E-state index contributed by atoms with van der Waals surface area (Å²) in [7, 11) is 0. The van der Waals surface area contributed by atoms with Crippen LogP contribution in [0.15, 0.2) is 0 Å². The maximum atomic E-state index is 2.45. The van der Waals surface area contributed by atoms with Gasteiger partial charge < -0.3 is 0 Å². The quantitative estimate of drug-likeness (QED) is 0.607. The SMILES string of the molecule is CC(C)C1(C(C)C)CC2CCC(C2)C1. The molecule has 0 aromatic rings. The zero-order valence-corrected chi connectivity index (χ0v) is 10.3. The van der Waals surface area contributed by atoms with E-state index in [-0.39, 0.29) is 0 Å². The highest BCUT2D eigenvalue weighted by atomic mass is 14.5. The molecule has 0 nitrogen and oxygen atoms in total. The topological polar surface area (TPSA) is 0 Å². The number of fused-ring (bicyclic) bond motifs is 2. The van der Waals surface area contributed by atoms with E-state index in [1.807, 2.05) is 0 Å². The van der Waals surface area contributed by atoms with Crippen molar-refractivity contribution in [1.29, 1.82) is 0 Å². The van der Waals surface area contributed by atoms with Crippen LogP contribution in [-0.2, 0) is 0 Å². The lowest BCUT2D eigenvalue weighted by Crippen LogP contribution is -2.38. The minimum atomic E-state index is 0.685. The minimum Gasteiger partial charge on any atom is -0.0622 e. The molecule has 14 heavy (non-hydrogen) atoms. The van der Waals surface area contributed by atoms with Crippen molar-refractivity contribution < 1.29 is 0 Å². The van der Waals surface area contributed by atoms with Crippen molar-refractivity contribution >= 4 is 0 Å². The van der Waals surface area contributed by atoms with Gasteiger partial charge >= 0.3 is 0 Å². The molecule has 2 saturated carbocycles. The molecule has 0 radical (unpaired) electrons. The third kappa shape index (κ3) is 1.51. The van der Waals surface area contributed by atoms with Gasteiger partial charge in [0.25, 0.3) is 0 Å². The van der Waals surface area contributed by atoms with Gasteiger partial charge in [0.05, 0.1) is 0 Å². The van der Waals surface area contributed by atoms with Gasteiger partial charge in [-0.15, -0.1) is 0 Å². The van der Waals surface area contributed by atoms with Crippen molar-refractivity contribution in [1.82, 2.24) is 0 Å². The second-order valence-corrected chi connectivity index (χ2v) is 6.50. The van der Waals surface area contributed by atoms with Crippen LogP contribution in [0.25, 0.3) is 0 Å². The zero-order chi connectivity index (χ0) is 10.3. The van der Waals surface area contributed by atoms with Crippen molar-refractivity contribution in [3.63, 3.8) is 0 Å². The molecule has 0 heteroatoms. The fraction of sp³-hybridized carbons (Fsp3) is 1.00. The Morgan fingerprint density at radius 1 is 0.857 bits per heavy atom. The third-order valence-corrected chi connectivity index (χ3v) is 5.29. The van der Waals surface area contributed by atoms with Crippen LogP contribution < -0.4 is 0 Å². The average Bonchev–Trinajstić information content (AvgIpc) is 2.44. The number of hydrogen-bond acceptors (Lipinski definition) is 0. The Morgan fingerprint density at radius 3 is 1.64 bits per heavy atom. The Kier molecular flexibility index (Phi) is 2.66. The smallest absolute Gasteiger partial charge is 0.0246 e. The summed E-state index contributed by atoms with van der Waals surface area (Å²) in [5, 5.41) is 0. The Morgan fingerprint density at radius 2 is 1.29 bits per heavy atom. The predicted molar refractivity (Wildman–Crippen MR) is 62.2 cm³/mol. The fourth-order valence-corrected chi connectivity index (χ4v) is 4.32. The third-order valence-electron chi connectivity index (χ3n) is 5.29. The van der Waals surface area contributed by atoms with Crippen molar-refractivity contribution in [3.8, 4) is 0 Å². The lowest BCUT2D eigenvalue weighted by Gasteiger charge is -2.47. The molecule has 82 valence electrons. The second-order valence-electron chi connectivity index (χ2n) is 6.50. The molecule has 0 aromatic heterocycles. The molecule has 2 aliphatic carbocycles. The van der Waals surface area contributed by atoms with E-state index in [1.54, 1.807) is 6.42 Å². The Bertz CT molecular complexity index is 180. The van der Waals surface area contributed by atoms with Gasteiger partial charge in [0.15, 0.2) is 0 Å². The minimum absolute atomic E-state index is 0.685. The van der Waals surface area contributed by atoms with Gasteiger partial charge in [0, 0.05) is 0 Å². The van der Waals surface area contributed by atoms with Crippen molar-refractivity contribution in [2.75, 3.05) is 0 Å². The Labute approximate surface area is 89.5 Å². The molecule has 0 aliphatic heterocycles. The highest BCUT2D eigenvalue weighted by molar-refractivity contribution is 4.97. The van der Waals surface area contributed by atoms with E-state index in [4.69, 9.17) is 0 Å². The Balaban J connectivity index is 2.20. The summed E-state index contributed by atoms with van der Waals surface area (Å²) in [5.41, 5.74) is 0.685. The highest BCUT2D eigenvalue weighted by Gasteiger charge is 2.46. The van der Waals surface area contributed by atoms with E-state index in [0.717, 1.165) is 23.7 Å². The molecule has 2 atom stereocenters. The van der Waals surface area contributed by atoms with Gasteiger partial charge in [-0.1, -0.05) is 40.5 Å². The monoisotopic (exact) mass is 194 g/mol. The summed E-state index contributed by atoms with van der Waals surface area (Å²) in [6, 6.07) is 0. The predicted octanol–water partition coefficient (Wildman–Crippen LogP) is 4.49. The van der Waals surface area contributed by atoms with E-state index in [1.165, 1.54) is 25.7 Å². The van der Waals surface area contributed by atoms with Crippen molar-refractivity contribution in [3.05, 3.63) is 0 Å². The van der Waals surface area contributed by atoms with Crippen LogP contribution in [0.1, 0.15) is 59.8 Å². The van der Waals surface area contributed by atoms with Crippen molar-refractivity contribution in [2.24, 2.45) is 29.1 Å². The van der Waals surface area contributed by atoms with Gasteiger partial charge in [0.2, 0.25) is 0 Å². The van der Waals surface area contributed by atoms with Crippen LogP contribution >= 0.6 is 0 Å². The van der Waals surface area contributed by atoms with Crippen LogP contribution in [0.5, 0.6) is 0 Å². The molecule has 0 amide bonds. The standard InChI is InChI=1S/C14H26/c1-10(2)14(11(3)4)8-12-5-6-13(7-12)9-14/h10-13H,5-9H2,1-4H3. The first-order valence-electron chi connectivity index (χ1n) is 6.54. The average molecular weight is 194 g/mol. The summed E-state index contributed by atoms with van der Waals surface area (Å²) in [4.78, 5) is 0. The molecule has 0 heterocycles. The van der Waals surface area contributed by atoms with Crippen molar-refractivity contribution in [2.45, 2.75) is 59.8 Å². The summed E-state index contributed by atoms with van der Waals surface area (Å²) >= 11 is 0. The maximum Gasteiger partial charge on any atom is -0.0246 e. The first-order chi connectivity index (χ1) is 6.54. The van der Waals surface area contributed by atoms with Crippen LogP contribution in [0.3, 0.4) is 0 Å². The maximum absolute atomic E-state index is 2.45. The molecular weight excluding hydrogens is 168 g/mol. The van der Waals surface area contributed by atoms with Gasteiger partial charge in [-0.05, 0) is 48.3 Å². The van der Waals surface area contributed by atoms with Crippen LogP contribution in [0.2, 0.25) is 0 Å². The normalized spacial score (nSPS) is 35.6. The molecule has 0 spiro atoms. The van der Waals surface area contributed by atoms with Gasteiger partial charge in [0.1, 0.15) is 0 Å². The fourth-order valence-electron chi connectivity index (χ4n) is 4.32.